The van der Waals surface area contributed by atoms with E-state index in [0.29, 0.717) is 43.4 Å². The number of pyridine rings is 2. The summed E-state index contributed by atoms with van der Waals surface area (Å²) in [4.78, 5) is 24.1. The van der Waals surface area contributed by atoms with Crippen molar-refractivity contribution in [3.05, 3.63) is 60.0 Å². The van der Waals surface area contributed by atoms with Gasteiger partial charge in [0.2, 0.25) is 5.88 Å². The molecule has 1 aliphatic heterocycles. The number of aromatic nitrogens is 2. The van der Waals surface area contributed by atoms with Crippen LogP contribution in [0, 0.1) is 6.92 Å². The Labute approximate surface area is 208 Å². The van der Waals surface area contributed by atoms with Crippen molar-refractivity contribution in [2.45, 2.75) is 33.5 Å². The number of rotatable bonds is 8. The molecule has 0 spiro atoms. The van der Waals surface area contributed by atoms with E-state index in [2.05, 4.69) is 24.9 Å². The highest BCUT2D eigenvalue weighted by molar-refractivity contribution is 6.05. The van der Waals surface area contributed by atoms with E-state index in [0.717, 1.165) is 22.5 Å². The molecule has 0 aliphatic carbocycles. The summed E-state index contributed by atoms with van der Waals surface area (Å²) in [7, 11) is 0. The average Bonchev–Trinajstić information content (AvgIpc) is 2.84. The van der Waals surface area contributed by atoms with Crippen LogP contribution in [0.1, 0.15) is 29.9 Å². The molecule has 1 saturated heterocycles. The second kappa shape index (κ2) is 11.3. The van der Waals surface area contributed by atoms with Gasteiger partial charge in [0.1, 0.15) is 11.4 Å². The Bertz CT molecular complexity index is 1220. The Hall–Kier alpha value is -3.79. The van der Waals surface area contributed by atoms with E-state index >= 15 is 0 Å². The number of hydrogen-bond donors (Lipinski definition) is 1. The summed E-state index contributed by atoms with van der Waals surface area (Å²) in [6.07, 6.45) is 3.14. The summed E-state index contributed by atoms with van der Waals surface area (Å²) >= 11 is 0. The normalized spacial score (nSPS) is 13.7. The zero-order valence-electron chi connectivity index (χ0n) is 20.3. The number of hydrogen-bond acceptors (Lipinski definition) is 7. The number of anilines is 2. The van der Waals surface area contributed by atoms with Crippen molar-refractivity contribution in [1.82, 2.24) is 9.97 Å². The molecule has 0 unspecified atom stereocenters. The van der Waals surface area contributed by atoms with Crippen LogP contribution >= 0.6 is 0 Å². The fourth-order valence-electron chi connectivity index (χ4n) is 3.84. The third kappa shape index (κ3) is 6.25. The molecule has 10 heteroatoms. The minimum absolute atomic E-state index is 0.0387. The van der Waals surface area contributed by atoms with Crippen molar-refractivity contribution in [2.75, 3.05) is 36.5 Å². The molecule has 1 aromatic carbocycles. The molecule has 3 aromatic rings. The number of amides is 1. The molecular formula is C26H28F2N4O4. The number of nitrogens with one attached hydrogen (secondary N) is 1. The first-order valence-corrected chi connectivity index (χ1v) is 11.6. The maximum Gasteiger partial charge on any atom is 0.387 e. The molecule has 0 bridgehead atoms. The van der Waals surface area contributed by atoms with Crippen molar-refractivity contribution < 1.29 is 27.8 Å². The van der Waals surface area contributed by atoms with E-state index in [4.69, 9.17) is 9.47 Å². The van der Waals surface area contributed by atoms with E-state index in [1.165, 1.54) is 24.4 Å². The van der Waals surface area contributed by atoms with Crippen LogP contribution in [0.15, 0.2) is 48.8 Å². The van der Waals surface area contributed by atoms with Gasteiger partial charge in [-0.15, -0.1) is 0 Å². The van der Waals surface area contributed by atoms with Gasteiger partial charge in [-0.1, -0.05) is 6.07 Å². The molecular weight excluding hydrogens is 470 g/mol. The monoisotopic (exact) mass is 498 g/mol. The molecule has 1 N–H and O–H groups in total. The molecule has 4 rings (SSSR count). The highest BCUT2D eigenvalue weighted by atomic mass is 19.3. The second-order valence-electron chi connectivity index (χ2n) is 8.53. The van der Waals surface area contributed by atoms with Crippen molar-refractivity contribution in [3.63, 3.8) is 0 Å². The molecule has 1 amide bonds. The summed E-state index contributed by atoms with van der Waals surface area (Å²) in [6.45, 7) is 5.47. The number of carbonyl (C=O) groups is 1. The van der Waals surface area contributed by atoms with Crippen LogP contribution in [0.5, 0.6) is 11.6 Å². The third-order valence-corrected chi connectivity index (χ3v) is 5.51. The lowest BCUT2D eigenvalue weighted by Crippen LogP contribution is -2.36. The molecule has 0 saturated carbocycles. The minimum Gasteiger partial charge on any atom is -0.473 e. The molecule has 3 heterocycles. The van der Waals surface area contributed by atoms with Crippen molar-refractivity contribution >= 4 is 17.3 Å². The van der Waals surface area contributed by atoms with Gasteiger partial charge < -0.3 is 24.4 Å². The van der Waals surface area contributed by atoms with Gasteiger partial charge in [0.05, 0.1) is 24.9 Å². The maximum atomic E-state index is 12.9. The van der Waals surface area contributed by atoms with E-state index in [-0.39, 0.29) is 11.9 Å². The molecule has 1 fully saturated rings. The smallest absolute Gasteiger partial charge is 0.387 e. The number of benzene rings is 1. The summed E-state index contributed by atoms with van der Waals surface area (Å²) in [6, 6.07) is 9.56. The predicted octanol–water partition coefficient (Wildman–Crippen LogP) is 4.93. The minimum atomic E-state index is -2.95. The number of aryl methyl sites for hydroxylation is 1. The van der Waals surface area contributed by atoms with Gasteiger partial charge in [-0.3, -0.25) is 9.78 Å². The zero-order chi connectivity index (χ0) is 25.7. The number of alkyl halides is 2. The van der Waals surface area contributed by atoms with Gasteiger partial charge >= 0.3 is 6.61 Å². The Morgan fingerprint density at radius 2 is 1.86 bits per heavy atom. The topological polar surface area (TPSA) is 85.8 Å². The lowest BCUT2D eigenvalue weighted by atomic mass is 10.0. The maximum absolute atomic E-state index is 12.9. The first-order valence-electron chi connectivity index (χ1n) is 11.6. The van der Waals surface area contributed by atoms with Gasteiger partial charge in [-0.05, 0) is 45.0 Å². The quantitative estimate of drug-likeness (QED) is 0.471. The van der Waals surface area contributed by atoms with Gasteiger partial charge in [-0.25, -0.2) is 4.98 Å². The SMILES string of the molecule is Cc1ncc(C(=O)Nc2cccc(OC(F)F)c2)cc1-c1cnc(OC(C)C)c(N2CCOCC2)c1. The van der Waals surface area contributed by atoms with Crippen LogP contribution in [0.3, 0.4) is 0 Å². The van der Waals surface area contributed by atoms with E-state index in [9.17, 15) is 13.6 Å². The molecule has 8 nitrogen and oxygen atoms in total. The van der Waals surface area contributed by atoms with Crippen LogP contribution in [0.2, 0.25) is 0 Å². The molecule has 0 atom stereocenters. The van der Waals surface area contributed by atoms with Crippen molar-refractivity contribution in [1.29, 1.82) is 0 Å². The van der Waals surface area contributed by atoms with Gasteiger partial charge in [0.25, 0.3) is 5.91 Å². The van der Waals surface area contributed by atoms with E-state index in [1.807, 2.05) is 26.8 Å². The van der Waals surface area contributed by atoms with Gasteiger partial charge in [0.15, 0.2) is 0 Å². The van der Waals surface area contributed by atoms with E-state index in [1.54, 1.807) is 18.3 Å². The van der Waals surface area contributed by atoms with Crippen LogP contribution in [0.25, 0.3) is 11.1 Å². The molecule has 1 aliphatic rings. The summed E-state index contributed by atoms with van der Waals surface area (Å²) in [5.41, 5.74) is 3.76. The van der Waals surface area contributed by atoms with Crippen LogP contribution < -0.4 is 19.7 Å². The summed E-state index contributed by atoms with van der Waals surface area (Å²) < 4.78 is 40.9. The lowest BCUT2D eigenvalue weighted by Gasteiger charge is -2.30. The van der Waals surface area contributed by atoms with Gasteiger partial charge in [0, 0.05) is 54.1 Å². The fraction of sp³-hybridized carbons (Fsp3) is 0.346. The van der Waals surface area contributed by atoms with Crippen LogP contribution in [0.4, 0.5) is 20.2 Å². The lowest BCUT2D eigenvalue weighted by molar-refractivity contribution is -0.0498. The average molecular weight is 499 g/mol. The largest absolute Gasteiger partial charge is 0.473 e. The Balaban J connectivity index is 1.62. The number of halogens is 2. The number of ether oxygens (including phenoxy) is 3. The number of morpholine rings is 1. The molecule has 0 radical (unpaired) electrons. The standard InChI is InChI=1S/C26H28F2N4O4/c1-16(2)35-25-23(32-7-9-34-10-8-32)12-18(14-30-25)22-11-19(15-29-17(22)3)24(33)31-20-5-4-6-21(13-20)36-26(27)28/h4-6,11-16,26H,7-10H2,1-3H3,(H,31,33). The van der Waals surface area contributed by atoms with Crippen LogP contribution in [-0.2, 0) is 4.74 Å². The summed E-state index contributed by atoms with van der Waals surface area (Å²) in [5.74, 6) is 0.0658. The number of nitrogens with zero attached hydrogens (tertiary/aromatic N) is 3. The van der Waals surface area contributed by atoms with Crippen molar-refractivity contribution in [2.24, 2.45) is 0 Å². The third-order valence-electron chi connectivity index (χ3n) is 5.51. The highest BCUT2D eigenvalue weighted by Crippen LogP contribution is 2.34. The fourth-order valence-corrected chi connectivity index (χ4v) is 3.84. The Kier molecular flexibility index (Phi) is 7.94. The number of carbonyl (C=O) groups excluding carboxylic acids is 1. The Morgan fingerprint density at radius 3 is 2.58 bits per heavy atom. The molecule has 190 valence electrons. The van der Waals surface area contributed by atoms with Crippen LogP contribution in [-0.4, -0.2) is 54.9 Å². The highest BCUT2D eigenvalue weighted by Gasteiger charge is 2.20. The summed E-state index contributed by atoms with van der Waals surface area (Å²) in [5, 5.41) is 2.70. The molecule has 2 aromatic heterocycles. The van der Waals surface area contributed by atoms with Crippen molar-refractivity contribution in [3.8, 4) is 22.8 Å². The first kappa shape index (κ1) is 25.3. The zero-order valence-corrected chi connectivity index (χ0v) is 20.3. The molecule has 36 heavy (non-hydrogen) atoms. The second-order valence-corrected chi connectivity index (χ2v) is 8.53. The van der Waals surface area contributed by atoms with E-state index < -0.39 is 12.5 Å². The predicted molar refractivity (Wildman–Crippen MR) is 132 cm³/mol. The Morgan fingerprint density at radius 1 is 1.08 bits per heavy atom. The van der Waals surface area contributed by atoms with Gasteiger partial charge in [-0.2, -0.15) is 8.78 Å². The first-order chi connectivity index (χ1) is 17.3.